The Hall–Kier alpha value is -6.58. The molecule has 15 heteroatoms. The number of oxime groups is 1. The van der Waals surface area contributed by atoms with E-state index in [9.17, 15) is 28.7 Å². The molecule has 0 bridgehead atoms. The number of hydrogen-bond acceptors (Lipinski definition) is 10. The predicted octanol–water partition coefficient (Wildman–Crippen LogP) is 5.67. The van der Waals surface area contributed by atoms with E-state index in [4.69, 9.17) is 10.6 Å². The van der Waals surface area contributed by atoms with Crippen LogP contribution in [0.2, 0.25) is 0 Å². The number of carbonyl (C=O) groups is 4. The zero-order valence-electron chi connectivity index (χ0n) is 30.7. The molecule has 2 atom stereocenters. The third kappa shape index (κ3) is 7.14. The largest absolute Gasteiger partial charge is 0.477 e. The van der Waals surface area contributed by atoms with Crippen LogP contribution in [0.3, 0.4) is 0 Å². The molecule has 0 unspecified atom stereocenters. The Morgan fingerprint density at radius 2 is 1.55 bits per heavy atom. The average Bonchev–Trinajstić information content (AvgIpc) is 3.83. The van der Waals surface area contributed by atoms with E-state index in [-0.39, 0.29) is 46.0 Å². The number of carbonyl (C=O) groups excluding carboxylic acids is 3. The Labute approximate surface area is 340 Å². The van der Waals surface area contributed by atoms with Gasteiger partial charge in [0.05, 0.1) is 0 Å². The number of nitrogens with two attached hydrogens (primary N) is 1. The van der Waals surface area contributed by atoms with Crippen molar-refractivity contribution in [3.63, 3.8) is 0 Å². The highest BCUT2D eigenvalue weighted by Crippen LogP contribution is 2.43. The quantitative estimate of drug-likeness (QED) is 0.0473. The molecule has 3 aliphatic heterocycles. The highest BCUT2D eigenvalue weighted by molar-refractivity contribution is 8.00. The summed E-state index contributed by atoms with van der Waals surface area (Å²) in [7, 11) is 0. The summed E-state index contributed by atoms with van der Waals surface area (Å²) in [5.74, 6) is -3.39. The number of allylic oxidation sites excluding steroid dienone is 1. The summed E-state index contributed by atoms with van der Waals surface area (Å²) in [5.41, 5.74) is 7.49. The van der Waals surface area contributed by atoms with E-state index in [2.05, 4.69) is 15.5 Å². The lowest BCUT2D eigenvalue weighted by Gasteiger charge is -2.49. The second-order valence-corrected chi connectivity index (χ2v) is 15.7. The maximum Gasteiger partial charge on any atom is 0.352 e. The lowest BCUT2D eigenvalue weighted by Crippen LogP contribution is -2.71. The van der Waals surface area contributed by atoms with Gasteiger partial charge in [-0.15, -0.1) is 23.1 Å². The number of nitrogen functional groups attached to an aromatic ring is 1. The second-order valence-electron chi connectivity index (χ2n) is 13.7. The molecule has 3 amide bonds. The second kappa shape index (κ2) is 16.1. The number of thiazole rings is 1. The molecule has 2 saturated heterocycles. The molecule has 58 heavy (non-hydrogen) atoms. The van der Waals surface area contributed by atoms with Crippen LogP contribution in [0.5, 0.6) is 0 Å². The fraction of sp³-hybridized carbons (Fsp3) is 0.163. The number of hydrogen-bond donors (Lipinski definition) is 3. The number of fused-ring (bicyclic) bond motifs is 1. The molecule has 8 rings (SSSR count). The van der Waals surface area contributed by atoms with Gasteiger partial charge < -0.3 is 25.9 Å². The van der Waals surface area contributed by atoms with Crippen molar-refractivity contribution in [3.8, 4) is 0 Å². The number of benzene rings is 4. The number of anilines is 1. The molecule has 0 saturated carbocycles. The highest BCUT2D eigenvalue weighted by atomic mass is 32.2. The van der Waals surface area contributed by atoms with Crippen LogP contribution in [0.15, 0.2) is 149 Å². The smallest absolute Gasteiger partial charge is 0.352 e. The highest BCUT2D eigenvalue weighted by Gasteiger charge is 2.54. The minimum absolute atomic E-state index is 0.0755. The fourth-order valence-electron chi connectivity index (χ4n) is 7.35. The Morgan fingerprint density at radius 1 is 0.948 bits per heavy atom. The van der Waals surface area contributed by atoms with E-state index < -0.39 is 40.6 Å². The number of aliphatic carboxylic acids is 1. The lowest BCUT2D eigenvalue weighted by molar-refractivity contribution is -0.150. The first-order valence-corrected chi connectivity index (χ1v) is 20.2. The predicted molar refractivity (Wildman–Crippen MR) is 218 cm³/mol. The van der Waals surface area contributed by atoms with E-state index in [1.54, 1.807) is 23.6 Å². The number of halogens is 1. The first kappa shape index (κ1) is 38.3. The van der Waals surface area contributed by atoms with E-state index in [0.717, 1.165) is 32.9 Å². The van der Waals surface area contributed by atoms with Gasteiger partial charge >= 0.3 is 5.97 Å². The molecular weight excluding hydrogens is 780 g/mol. The van der Waals surface area contributed by atoms with Crippen LogP contribution in [0, 0.1) is 5.82 Å². The third-order valence-corrected chi connectivity index (χ3v) is 12.1. The van der Waals surface area contributed by atoms with Crippen LogP contribution in [0.25, 0.3) is 0 Å². The van der Waals surface area contributed by atoms with Crippen LogP contribution in [-0.4, -0.2) is 73.0 Å². The van der Waals surface area contributed by atoms with Crippen molar-refractivity contribution in [3.05, 3.63) is 177 Å². The van der Waals surface area contributed by atoms with Gasteiger partial charge in [-0.2, -0.15) is 0 Å². The van der Waals surface area contributed by atoms with Gasteiger partial charge in [0.2, 0.25) is 11.5 Å². The van der Waals surface area contributed by atoms with Gasteiger partial charge in [-0.25, -0.2) is 14.2 Å². The van der Waals surface area contributed by atoms with E-state index >= 15 is 0 Å². The number of thioether (sulfide) groups is 1. The minimum Gasteiger partial charge on any atom is -0.477 e. The van der Waals surface area contributed by atoms with Crippen LogP contribution in [-0.2, 0) is 36.2 Å². The standard InChI is InChI=1S/C43H35FN6O6S2/c44-32-19-11-10-12-27(32)23-49-21-20-26(38(49)52)22-28-24-57-40-35(39(53)50(40)36(28)41(54)55)47-37(51)34(33-25-58-42(45)46-33)48-56-43(29-13-4-1-5-14-29,30-15-6-2-7-16-30)31-17-8-3-9-18-31/h1-19,22,25,35,40H,20-21,23-24H2,(H2,45,46)(H,47,51)(H,54,55)/b26-22+,48-34-/t35-,40-/m1/s1. The number of β-lactam (4-membered cyclic amide) rings is 1. The van der Waals surface area contributed by atoms with Crippen LogP contribution in [0.1, 0.15) is 34.4 Å². The van der Waals surface area contributed by atoms with Crippen molar-refractivity contribution in [2.75, 3.05) is 18.0 Å². The summed E-state index contributed by atoms with van der Waals surface area (Å²) in [4.78, 5) is 67.6. The molecule has 12 nitrogen and oxygen atoms in total. The molecule has 1 aromatic heterocycles. The number of nitrogens with zero attached hydrogens (tertiary/aromatic N) is 4. The number of carboxylic acid groups (broad SMARTS) is 1. The molecule has 5 aromatic rings. The minimum atomic E-state index is -1.35. The van der Waals surface area contributed by atoms with Crippen LogP contribution < -0.4 is 11.1 Å². The van der Waals surface area contributed by atoms with Crippen LogP contribution in [0.4, 0.5) is 9.52 Å². The zero-order chi connectivity index (χ0) is 40.4. The van der Waals surface area contributed by atoms with Gasteiger partial charge in [0, 0.05) is 52.0 Å². The summed E-state index contributed by atoms with van der Waals surface area (Å²) in [6.45, 7) is 0.411. The normalized spacial score (nSPS) is 18.9. The average molecular weight is 815 g/mol. The zero-order valence-corrected chi connectivity index (χ0v) is 32.3. The number of aromatic nitrogens is 1. The number of nitrogens with one attached hydrogen (secondary N) is 1. The third-order valence-electron chi connectivity index (χ3n) is 10.2. The van der Waals surface area contributed by atoms with Crippen molar-refractivity contribution in [2.24, 2.45) is 5.16 Å². The molecule has 0 radical (unpaired) electrons. The molecule has 0 spiro atoms. The van der Waals surface area contributed by atoms with Gasteiger partial charge in [0.15, 0.2) is 10.8 Å². The first-order chi connectivity index (χ1) is 28.2. The molecular formula is C43H35FN6O6S2. The van der Waals surface area contributed by atoms with Gasteiger partial charge in [-0.05, 0) is 24.1 Å². The van der Waals surface area contributed by atoms with Gasteiger partial charge in [0.1, 0.15) is 28.6 Å². The summed E-state index contributed by atoms with van der Waals surface area (Å²) in [5, 5.41) is 18.6. The Bertz CT molecular complexity index is 2400. The summed E-state index contributed by atoms with van der Waals surface area (Å²) < 4.78 is 14.3. The first-order valence-electron chi connectivity index (χ1n) is 18.2. The Kier molecular flexibility index (Phi) is 10.6. The fourth-order valence-corrected chi connectivity index (χ4v) is 9.20. The Balaban J connectivity index is 1.08. The maximum absolute atomic E-state index is 14.3. The van der Waals surface area contributed by atoms with Gasteiger partial charge in [-0.1, -0.05) is 114 Å². The van der Waals surface area contributed by atoms with E-state index in [1.165, 1.54) is 28.8 Å². The molecule has 292 valence electrons. The number of carboxylic acids is 1. The molecule has 4 aromatic carbocycles. The molecule has 4 N–H and O–H groups in total. The number of rotatable bonds is 12. The monoisotopic (exact) mass is 814 g/mol. The van der Waals surface area contributed by atoms with Gasteiger partial charge in [0.25, 0.3) is 11.8 Å². The van der Waals surface area contributed by atoms with Crippen molar-refractivity contribution in [2.45, 2.75) is 30.0 Å². The maximum atomic E-state index is 14.3. The van der Waals surface area contributed by atoms with Crippen LogP contribution >= 0.6 is 23.1 Å². The topological polar surface area (TPSA) is 168 Å². The summed E-state index contributed by atoms with van der Waals surface area (Å²) in [6.07, 6.45) is 1.85. The molecule has 4 heterocycles. The van der Waals surface area contributed by atoms with E-state index in [0.29, 0.717) is 24.1 Å². The van der Waals surface area contributed by atoms with Crippen molar-refractivity contribution in [1.82, 2.24) is 20.1 Å². The SMILES string of the molecule is Nc1nc(/C(=N/OC(c2ccccc2)(c2ccccc2)c2ccccc2)C(=O)N[C@@H]2C(=O)N3C(C(=O)O)=C(/C=C4\CCN(Cc5ccccc5F)C4=O)CS[C@H]23)cs1. The van der Waals surface area contributed by atoms with Gasteiger partial charge in [-0.3, -0.25) is 19.3 Å². The summed E-state index contributed by atoms with van der Waals surface area (Å²) >= 11 is 2.35. The van der Waals surface area contributed by atoms with Crippen molar-refractivity contribution in [1.29, 1.82) is 0 Å². The van der Waals surface area contributed by atoms with E-state index in [1.807, 2.05) is 91.0 Å². The van der Waals surface area contributed by atoms with Crippen molar-refractivity contribution < 1.29 is 33.5 Å². The lowest BCUT2D eigenvalue weighted by atomic mass is 9.80. The number of amides is 3. The number of likely N-dealkylation sites (tertiary alicyclic amines) is 1. The molecule has 3 aliphatic rings. The Morgan fingerprint density at radius 3 is 2.12 bits per heavy atom. The van der Waals surface area contributed by atoms with Crippen molar-refractivity contribution >= 4 is 57.6 Å². The molecule has 0 aliphatic carbocycles. The summed E-state index contributed by atoms with van der Waals surface area (Å²) in [6, 6.07) is 33.4. The molecule has 2 fully saturated rings.